The largest absolute Gasteiger partial charge is 0.489 e. The van der Waals surface area contributed by atoms with E-state index in [-0.39, 0.29) is 17.0 Å². The van der Waals surface area contributed by atoms with Crippen molar-refractivity contribution in [1.29, 1.82) is 0 Å². The van der Waals surface area contributed by atoms with Crippen molar-refractivity contribution in [3.05, 3.63) is 30.3 Å². The van der Waals surface area contributed by atoms with E-state index in [0.717, 1.165) is 30.2 Å². The Morgan fingerprint density at radius 2 is 1.79 bits per heavy atom. The van der Waals surface area contributed by atoms with Gasteiger partial charge < -0.3 is 9.64 Å². The average molecular weight is 417 g/mol. The van der Waals surface area contributed by atoms with Gasteiger partial charge in [-0.1, -0.05) is 72.1 Å². The van der Waals surface area contributed by atoms with Crippen LogP contribution in [0.4, 0.5) is 0 Å². The third-order valence-corrected chi connectivity index (χ3v) is 6.53. The summed E-state index contributed by atoms with van der Waals surface area (Å²) in [6, 6.07) is 10.3. The molecular weight excluding hydrogens is 378 g/mol. The summed E-state index contributed by atoms with van der Waals surface area (Å²) in [5.41, 5.74) is 0.0439. The number of rotatable bonds is 6. The van der Waals surface area contributed by atoms with Crippen LogP contribution in [0, 0.1) is 11.3 Å². The minimum absolute atomic E-state index is 0.00412. The topological polar surface area (TPSA) is 38.5 Å². The van der Waals surface area contributed by atoms with Crippen LogP contribution in [0.1, 0.15) is 66.7 Å². The van der Waals surface area contributed by atoms with E-state index in [9.17, 15) is 0 Å². The lowest BCUT2D eigenvalue weighted by molar-refractivity contribution is -0.529. The van der Waals surface area contributed by atoms with E-state index in [0.29, 0.717) is 12.5 Å². The zero-order valence-corrected chi connectivity index (χ0v) is 19.6. The minimum atomic E-state index is -0.00412. The van der Waals surface area contributed by atoms with Crippen molar-refractivity contribution in [1.82, 2.24) is 10.2 Å². The highest BCUT2D eigenvalue weighted by Crippen LogP contribution is 2.37. The molecule has 1 saturated carbocycles. The van der Waals surface area contributed by atoms with Gasteiger partial charge in [0.1, 0.15) is 23.9 Å². The molecule has 1 saturated heterocycles. The zero-order chi connectivity index (χ0) is 21.1. The summed E-state index contributed by atoms with van der Waals surface area (Å²) in [6.45, 7) is 13.0. The van der Waals surface area contributed by atoms with E-state index < -0.39 is 0 Å². The van der Waals surface area contributed by atoms with E-state index in [4.69, 9.17) is 17.0 Å². The molecule has 0 bridgehead atoms. The van der Waals surface area contributed by atoms with Gasteiger partial charge in [-0.2, -0.15) is 0 Å². The molecule has 5 heteroatoms. The second-order valence-corrected chi connectivity index (χ2v) is 10.5. The molecule has 1 aliphatic heterocycles. The number of benzene rings is 1. The molecule has 0 radical (unpaired) electrons. The normalized spacial score (nSPS) is 21.7. The van der Waals surface area contributed by atoms with Crippen LogP contribution in [0.15, 0.2) is 30.3 Å². The molecule has 1 aromatic carbocycles. The van der Waals surface area contributed by atoms with Gasteiger partial charge in [-0.05, 0) is 43.1 Å². The molecular formula is C24H38N3OS+. The van der Waals surface area contributed by atoms with Crippen molar-refractivity contribution in [2.24, 2.45) is 11.3 Å². The summed E-state index contributed by atoms with van der Waals surface area (Å²) < 4.78 is 6.15. The van der Waals surface area contributed by atoms with Crippen LogP contribution >= 0.6 is 12.2 Å². The molecule has 0 aromatic heterocycles. The maximum Gasteiger partial charge on any atom is 0.276 e. The molecule has 3 rings (SSSR count). The zero-order valence-electron chi connectivity index (χ0n) is 18.8. The van der Waals surface area contributed by atoms with Crippen LogP contribution in [-0.4, -0.2) is 40.6 Å². The van der Waals surface area contributed by atoms with Crippen molar-refractivity contribution >= 4 is 23.2 Å². The van der Waals surface area contributed by atoms with E-state index in [1.807, 2.05) is 30.3 Å². The first-order valence-corrected chi connectivity index (χ1v) is 11.5. The number of para-hydroxylation sites is 1. The third-order valence-electron chi connectivity index (χ3n) is 6.21. The molecule has 29 heavy (non-hydrogen) atoms. The first kappa shape index (κ1) is 22.1. The molecule has 2 N–H and O–H groups in total. The standard InChI is InChI=1S/C24H37N3OS/c1-18(2)16-27-22(29)26-21(24(27)14-10-7-11-15-24)25-20(23(3,4)5)17-28-19-12-8-6-9-13-19/h6,8-9,12-13,18,20H,7,10-11,14-17H2,1-5H3,(H,25,26,29)/p+1/t20-/m1/s1. The van der Waals surface area contributed by atoms with Crippen LogP contribution in [0.2, 0.25) is 0 Å². The number of hydrogen-bond donors (Lipinski definition) is 2. The fourth-order valence-electron chi connectivity index (χ4n) is 4.45. The van der Waals surface area contributed by atoms with Gasteiger partial charge in [0.15, 0.2) is 0 Å². The molecule has 0 amide bonds. The second kappa shape index (κ2) is 9.03. The lowest BCUT2D eigenvalue weighted by atomic mass is 9.79. The molecule has 1 aromatic rings. The van der Waals surface area contributed by atoms with E-state index in [1.165, 1.54) is 25.1 Å². The first-order valence-electron chi connectivity index (χ1n) is 11.1. The number of thiocarbonyl (C=S) groups is 1. The Hall–Kier alpha value is -1.62. The van der Waals surface area contributed by atoms with Gasteiger partial charge in [-0.3, -0.25) is 4.99 Å². The minimum Gasteiger partial charge on any atom is -0.489 e. The van der Waals surface area contributed by atoms with Gasteiger partial charge >= 0.3 is 0 Å². The van der Waals surface area contributed by atoms with Crippen molar-refractivity contribution in [3.8, 4) is 5.75 Å². The van der Waals surface area contributed by atoms with Crippen molar-refractivity contribution < 1.29 is 9.73 Å². The highest BCUT2D eigenvalue weighted by atomic mass is 32.1. The third kappa shape index (κ3) is 5.11. The Morgan fingerprint density at radius 1 is 1.14 bits per heavy atom. The summed E-state index contributed by atoms with van der Waals surface area (Å²) in [6.07, 6.45) is 6.14. The first-order chi connectivity index (χ1) is 13.7. The molecule has 1 heterocycles. The van der Waals surface area contributed by atoms with Crippen LogP contribution in [0.5, 0.6) is 5.75 Å². The molecule has 1 atom stereocenters. The van der Waals surface area contributed by atoms with Gasteiger partial charge in [-0.25, -0.2) is 5.32 Å². The Kier molecular flexibility index (Phi) is 6.87. The summed E-state index contributed by atoms with van der Waals surface area (Å²) in [5, 5.41) is 4.45. The van der Waals surface area contributed by atoms with Gasteiger partial charge in [0, 0.05) is 12.0 Å². The average Bonchev–Trinajstić information content (AvgIpc) is 2.90. The Bertz CT molecular complexity index is 717. The number of amidine groups is 1. The van der Waals surface area contributed by atoms with Crippen LogP contribution in [-0.2, 0) is 0 Å². The predicted molar refractivity (Wildman–Crippen MR) is 124 cm³/mol. The lowest BCUT2D eigenvalue weighted by Crippen LogP contribution is -2.88. The molecule has 1 spiro atoms. The smallest absolute Gasteiger partial charge is 0.276 e. The van der Waals surface area contributed by atoms with Gasteiger partial charge in [-0.15, -0.1) is 0 Å². The summed E-state index contributed by atoms with van der Waals surface area (Å²) in [4.78, 5) is 6.34. The summed E-state index contributed by atoms with van der Waals surface area (Å²) in [7, 11) is 0. The van der Waals surface area contributed by atoms with Crippen LogP contribution < -0.4 is 15.0 Å². The van der Waals surface area contributed by atoms with E-state index in [1.54, 1.807) is 0 Å². The van der Waals surface area contributed by atoms with E-state index in [2.05, 4.69) is 49.8 Å². The lowest BCUT2D eigenvalue weighted by Gasteiger charge is -2.39. The maximum absolute atomic E-state index is 6.15. The number of nitrogens with zero attached hydrogens (tertiary/aromatic N) is 1. The molecule has 160 valence electrons. The highest BCUT2D eigenvalue weighted by Gasteiger charge is 2.55. The fraction of sp³-hybridized carbons (Fsp3) is 0.667. The number of hydrogen-bond acceptors (Lipinski definition) is 2. The van der Waals surface area contributed by atoms with Crippen LogP contribution in [0.3, 0.4) is 0 Å². The van der Waals surface area contributed by atoms with Gasteiger partial charge in [0.2, 0.25) is 0 Å². The predicted octanol–water partition coefficient (Wildman–Crippen LogP) is 3.51. The second-order valence-electron chi connectivity index (χ2n) is 10.1. The summed E-state index contributed by atoms with van der Waals surface area (Å²) in [5.74, 6) is 2.68. The molecule has 1 aliphatic carbocycles. The maximum atomic E-state index is 6.15. The van der Waals surface area contributed by atoms with E-state index >= 15 is 0 Å². The highest BCUT2D eigenvalue weighted by molar-refractivity contribution is 7.80. The molecule has 0 unspecified atom stereocenters. The Labute approximate surface area is 182 Å². The monoisotopic (exact) mass is 416 g/mol. The number of nitrogens with one attached hydrogen (secondary N) is 2. The Morgan fingerprint density at radius 3 is 2.38 bits per heavy atom. The van der Waals surface area contributed by atoms with Crippen molar-refractivity contribution in [3.63, 3.8) is 0 Å². The number of ether oxygens (including phenoxy) is 1. The molecule has 2 fully saturated rings. The van der Waals surface area contributed by atoms with Gasteiger partial charge in [0.05, 0.1) is 0 Å². The fourth-order valence-corrected chi connectivity index (χ4v) is 4.80. The molecule has 4 nitrogen and oxygen atoms in total. The quantitative estimate of drug-likeness (QED) is 0.696. The molecule has 2 aliphatic rings. The van der Waals surface area contributed by atoms with Crippen molar-refractivity contribution in [2.75, 3.05) is 13.2 Å². The summed E-state index contributed by atoms with van der Waals surface area (Å²) >= 11 is 5.80. The van der Waals surface area contributed by atoms with Crippen LogP contribution in [0.25, 0.3) is 0 Å². The van der Waals surface area contributed by atoms with Crippen molar-refractivity contribution in [2.45, 2.75) is 78.3 Å². The SMILES string of the molecule is CC(C)CN1C(=S)NC(=[NH+][C@H](COc2ccccc2)C(C)(C)C)C12CCCCC2. The van der Waals surface area contributed by atoms with Gasteiger partial charge in [0.25, 0.3) is 10.9 Å². The Balaban J connectivity index is 1.89.